The lowest BCUT2D eigenvalue weighted by Crippen LogP contribution is -2.36. The minimum atomic E-state index is 0.372. The van der Waals surface area contributed by atoms with E-state index in [1.54, 1.807) is 0 Å². The average Bonchev–Trinajstić information content (AvgIpc) is 2.23. The van der Waals surface area contributed by atoms with Gasteiger partial charge in [0, 0.05) is 19.1 Å². The zero-order valence-electron chi connectivity index (χ0n) is 10.5. The summed E-state index contributed by atoms with van der Waals surface area (Å²) in [5.41, 5.74) is 12.4. The normalized spacial score (nSPS) is 13.0. The predicted molar refractivity (Wildman–Crippen MR) is 67.6 cm³/mol. The second-order valence-electron chi connectivity index (χ2n) is 4.25. The first-order valence-corrected chi connectivity index (χ1v) is 6.52. The summed E-state index contributed by atoms with van der Waals surface area (Å²) in [5.74, 6) is 0. The highest BCUT2D eigenvalue weighted by Crippen LogP contribution is 2.03. The van der Waals surface area contributed by atoms with Gasteiger partial charge in [0.1, 0.15) is 0 Å². The molecule has 0 radical (unpaired) electrons. The Morgan fingerprint density at radius 2 is 1.53 bits per heavy atom. The Kier molecular flexibility index (Phi) is 11.9. The van der Waals surface area contributed by atoms with Crippen molar-refractivity contribution in [2.75, 3.05) is 13.1 Å². The van der Waals surface area contributed by atoms with Gasteiger partial charge >= 0.3 is 0 Å². The highest BCUT2D eigenvalue weighted by atomic mass is 15.3. The molecule has 15 heavy (non-hydrogen) atoms. The van der Waals surface area contributed by atoms with E-state index in [2.05, 4.69) is 24.7 Å². The lowest BCUT2D eigenvalue weighted by Gasteiger charge is -2.12. The molecule has 0 fully saturated rings. The van der Waals surface area contributed by atoms with E-state index in [0.29, 0.717) is 6.04 Å². The quantitative estimate of drug-likeness (QED) is 0.366. The standard InChI is InChI=1S/C12H29N3/c1-3-5-7-8-12(13)9-11-15-14-10-6-4-2/h12,14-15H,3-11,13H2,1-2H3. The van der Waals surface area contributed by atoms with Crippen LogP contribution in [0, 0.1) is 0 Å². The van der Waals surface area contributed by atoms with Crippen LogP contribution in [-0.4, -0.2) is 19.1 Å². The van der Waals surface area contributed by atoms with Crippen molar-refractivity contribution in [1.29, 1.82) is 0 Å². The summed E-state index contributed by atoms with van der Waals surface area (Å²) in [4.78, 5) is 0. The molecule has 92 valence electrons. The molecule has 3 nitrogen and oxygen atoms in total. The number of hydrazine groups is 1. The zero-order valence-corrected chi connectivity index (χ0v) is 10.5. The Bertz CT molecular complexity index is 117. The van der Waals surface area contributed by atoms with Gasteiger partial charge in [-0.15, -0.1) is 0 Å². The van der Waals surface area contributed by atoms with Gasteiger partial charge in [-0.1, -0.05) is 39.5 Å². The van der Waals surface area contributed by atoms with Crippen molar-refractivity contribution < 1.29 is 0 Å². The molecule has 0 heterocycles. The molecule has 0 aliphatic carbocycles. The van der Waals surface area contributed by atoms with E-state index in [9.17, 15) is 0 Å². The van der Waals surface area contributed by atoms with Crippen LogP contribution in [0.2, 0.25) is 0 Å². The SMILES string of the molecule is CCCCCC(N)CCNNCCCC. The molecular formula is C12H29N3. The summed E-state index contributed by atoms with van der Waals surface area (Å²) >= 11 is 0. The number of nitrogens with one attached hydrogen (secondary N) is 2. The summed E-state index contributed by atoms with van der Waals surface area (Å²) in [6.07, 6.45) is 8.59. The fraction of sp³-hybridized carbons (Fsp3) is 1.00. The third kappa shape index (κ3) is 11.8. The second-order valence-corrected chi connectivity index (χ2v) is 4.25. The van der Waals surface area contributed by atoms with Crippen LogP contribution in [0.3, 0.4) is 0 Å². The first kappa shape index (κ1) is 14.9. The maximum atomic E-state index is 5.99. The summed E-state index contributed by atoms with van der Waals surface area (Å²) in [6.45, 7) is 6.47. The van der Waals surface area contributed by atoms with Crippen LogP contribution in [0.25, 0.3) is 0 Å². The molecule has 3 heteroatoms. The van der Waals surface area contributed by atoms with E-state index in [4.69, 9.17) is 5.73 Å². The topological polar surface area (TPSA) is 50.1 Å². The van der Waals surface area contributed by atoms with Crippen LogP contribution in [0.4, 0.5) is 0 Å². The van der Waals surface area contributed by atoms with Crippen molar-refractivity contribution in [1.82, 2.24) is 10.9 Å². The molecule has 0 bridgehead atoms. The predicted octanol–water partition coefficient (Wildman–Crippen LogP) is 2.18. The fourth-order valence-electron chi connectivity index (χ4n) is 1.50. The first-order valence-electron chi connectivity index (χ1n) is 6.52. The molecule has 0 saturated carbocycles. The van der Waals surface area contributed by atoms with Crippen molar-refractivity contribution in [3.63, 3.8) is 0 Å². The van der Waals surface area contributed by atoms with Gasteiger partial charge in [-0.25, -0.2) is 0 Å². The van der Waals surface area contributed by atoms with Crippen molar-refractivity contribution in [3.8, 4) is 0 Å². The Labute approximate surface area is 95.2 Å². The van der Waals surface area contributed by atoms with Gasteiger partial charge in [0.2, 0.25) is 0 Å². The minimum absolute atomic E-state index is 0.372. The number of hydrogen-bond acceptors (Lipinski definition) is 3. The molecular weight excluding hydrogens is 186 g/mol. The smallest absolute Gasteiger partial charge is 0.0114 e. The van der Waals surface area contributed by atoms with Crippen molar-refractivity contribution >= 4 is 0 Å². The number of nitrogens with two attached hydrogens (primary N) is 1. The molecule has 1 atom stereocenters. The van der Waals surface area contributed by atoms with E-state index >= 15 is 0 Å². The van der Waals surface area contributed by atoms with Crippen molar-refractivity contribution in [2.45, 2.75) is 64.8 Å². The summed E-state index contributed by atoms with van der Waals surface area (Å²) in [6, 6.07) is 0.372. The molecule has 0 rings (SSSR count). The van der Waals surface area contributed by atoms with Crippen molar-refractivity contribution in [3.05, 3.63) is 0 Å². The fourth-order valence-corrected chi connectivity index (χ4v) is 1.50. The maximum absolute atomic E-state index is 5.99. The van der Waals surface area contributed by atoms with Crippen LogP contribution in [0.5, 0.6) is 0 Å². The number of rotatable bonds is 11. The Hall–Kier alpha value is -0.120. The average molecular weight is 215 g/mol. The zero-order chi connectivity index (χ0) is 11.4. The van der Waals surface area contributed by atoms with Gasteiger partial charge < -0.3 is 5.73 Å². The van der Waals surface area contributed by atoms with Crippen LogP contribution in [-0.2, 0) is 0 Å². The Morgan fingerprint density at radius 3 is 2.20 bits per heavy atom. The number of hydrogen-bond donors (Lipinski definition) is 3. The molecule has 1 unspecified atom stereocenters. The second kappa shape index (κ2) is 12.0. The largest absolute Gasteiger partial charge is 0.328 e. The molecule has 0 aromatic carbocycles. The molecule has 0 aromatic heterocycles. The minimum Gasteiger partial charge on any atom is -0.328 e. The first-order chi connectivity index (χ1) is 7.31. The number of unbranched alkanes of at least 4 members (excludes halogenated alkanes) is 3. The monoisotopic (exact) mass is 215 g/mol. The summed E-state index contributed by atoms with van der Waals surface area (Å²) < 4.78 is 0. The van der Waals surface area contributed by atoms with E-state index in [1.807, 2.05) is 0 Å². The molecule has 0 aromatic rings. The maximum Gasteiger partial charge on any atom is 0.0114 e. The summed E-state index contributed by atoms with van der Waals surface area (Å²) in [7, 11) is 0. The Morgan fingerprint density at radius 1 is 0.867 bits per heavy atom. The van der Waals surface area contributed by atoms with Crippen molar-refractivity contribution in [2.24, 2.45) is 5.73 Å². The van der Waals surface area contributed by atoms with E-state index in [1.165, 1.54) is 38.5 Å². The highest BCUT2D eigenvalue weighted by molar-refractivity contribution is 4.62. The Balaban J connectivity index is 3.06. The molecule has 0 spiro atoms. The van der Waals surface area contributed by atoms with Gasteiger partial charge in [-0.2, -0.15) is 0 Å². The van der Waals surface area contributed by atoms with E-state index in [-0.39, 0.29) is 0 Å². The van der Waals surface area contributed by atoms with Crippen LogP contribution >= 0.6 is 0 Å². The van der Waals surface area contributed by atoms with Gasteiger partial charge in [0.05, 0.1) is 0 Å². The lowest BCUT2D eigenvalue weighted by atomic mass is 10.1. The molecule has 0 aliphatic rings. The van der Waals surface area contributed by atoms with E-state index in [0.717, 1.165) is 19.5 Å². The highest BCUT2D eigenvalue weighted by Gasteiger charge is 2.00. The lowest BCUT2D eigenvalue weighted by molar-refractivity contribution is 0.461. The van der Waals surface area contributed by atoms with Gasteiger partial charge in [0.25, 0.3) is 0 Å². The van der Waals surface area contributed by atoms with Crippen LogP contribution in [0.1, 0.15) is 58.8 Å². The van der Waals surface area contributed by atoms with E-state index < -0.39 is 0 Å². The third-order valence-electron chi connectivity index (χ3n) is 2.60. The summed E-state index contributed by atoms with van der Waals surface area (Å²) in [5, 5.41) is 0. The molecule has 0 aliphatic heterocycles. The molecule has 4 N–H and O–H groups in total. The van der Waals surface area contributed by atoms with Gasteiger partial charge in [-0.05, 0) is 19.3 Å². The van der Waals surface area contributed by atoms with Gasteiger partial charge in [-0.3, -0.25) is 10.9 Å². The third-order valence-corrected chi connectivity index (χ3v) is 2.60. The van der Waals surface area contributed by atoms with Crippen LogP contribution in [0.15, 0.2) is 0 Å². The van der Waals surface area contributed by atoms with Gasteiger partial charge in [0.15, 0.2) is 0 Å². The molecule has 0 amide bonds. The molecule has 0 saturated heterocycles. The van der Waals surface area contributed by atoms with Crippen LogP contribution < -0.4 is 16.6 Å².